The number of pyridine rings is 1. The lowest BCUT2D eigenvalue weighted by Gasteiger charge is -2.39. The minimum atomic E-state index is -0.155. The molecule has 25 heavy (non-hydrogen) atoms. The first-order chi connectivity index (χ1) is 11.6. The predicted molar refractivity (Wildman–Crippen MR) is 97.5 cm³/mol. The maximum absolute atomic E-state index is 12.8. The van der Waals surface area contributed by atoms with Crippen molar-refractivity contribution in [1.29, 1.82) is 0 Å². The van der Waals surface area contributed by atoms with E-state index < -0.39 is 0 Å². The van der Waals surface area contributed by atoms with E-state index >= 15 is 0 Å². The van der Waals surface area contributed by atoms with Gasteiger partial charge in [0.25, 0.3) is 11.8 Å². The summed E-state index contributed by atoms with van der Waals surface area (Å²) >= 11 is 0. The summed E-state index contributed by atoms with van der Waals surface area (Å²) in [7, 11) is 3.38. The molecule has 5 nitrogen and oxygen atoms in total. The van der Waals surface area contributed by atoms with Gasteiger partial charge in [0.15, 0.2) is 0 Å². The molecule has 0 unspecified atom stereocenters. The van der Waals surface area contributed by atoms with E-state index in [2.05, 4.69) is 31.1 Å². The summed E-state index contributed by atoms with van der Waals surface area (Å²) in [4.78, 5) is 30.7. The highest BCUT2D eigenvalue weighted by molar-refractivity contribution is 5.97. The van der Waals surface area contributed by atoms with Gasteiger partial charge in [-0.15, -0.1) is 0 Å². The number of hydrogen-bond donors (Lipinski definition) is 1. The molecule has 0 spiro atoms. The molecule has 1 aromatic heterocycles. The molecule has 2 saturated carbocycles. The molecule has 0 saturated heterocycles. The van der Waals surface area contributed by atoms with Crippen molar-refractivity contribution in [2.45, 2.75) is 53.0 Å². The number of amides is 2. The molecule has 1 aromatic rings. The molecular weight excluding hydrogens is 314 g/mol. The van der Waals surface area contributed by atoms with Crippen LogP contribution in [0, 0.1) is 23.7 Å². The Balaban J connectivity index is 1.78. The number of aromatic nitrogens is 1. The first kappa shape index (κ1) is 17.9. The van der Waals surface area contributed by atoms with Crippen molar-refractivity contribution in [2.75, 3.05) is 14.1 Å². The van der Waals surface area contributed by atoms with Gasteiger partial charge in [-0.2, -0.15) is 0 Å². The lowest BCUT2D eigenvalue weighted by molar-refractivity contribution is 0.0810. The third-order valence-electron chi connectivity index (χ3n) is 7.06. The fourth-order valence-corrected chi connectivity index (χ4v) is 4.81. The van der Waals surface area contributed by atoms with Crippen LogP contribution in [-0.2, 0) is 0 Å². The van der Waals surface area contributed by atoms with Gasteiger partial charge in [0.1, 0.15) is 5.69 Å². The van der Waals surface area contributed by atoms with Gasteiger partial charge in [-0.25, -0.2) is 4.98 Å². The first-order valence-electron chi connectivity index (χ1n) is 9.08. The lowest BCUT2D eigenvalue weighted by atomic mass is 9.69. The highest BCUT2D eigenvalue weighted by Crippen LogP contribution is 2.65. The monoisotopic (exact) mass is 343 g/mol. The Hall–Kier alpha value is -1.91. The van der Waals surface area contributed by atoms with E-state index in [-0.39, 0.29) is 28.7 Å². The second-order valence-corrected chi connectivity index (χ2v) is 8.67. The number of nitrogens with one attached hydrogen (secondary N) is 1. The molecular formula is C20H29N3O2. The van der Waals surface area contributed by atoms with Crippen LogP contribution in [0.2, 0.25) is 0 Å². The van der Waals surface area contributed by atoms with Gasteiger partial charge in [-0.3, -0.25) is 9.59 Å². The van der Waals surface area contributed by atoms with Crippen molar-refractivity contribution in [2.24, 2.45) is 16.7 Å². The zero-order chi connectivity index (χ0) is 18.6. The zero-order valence-electron chi connectivity index (χ0n) is 16.1. The third-order valence-corrected chi connectivity index (χ3v) is 7.06. The smallest absolute Gasteiger partial charge is 0.271 e. The second kappa shape index (κ2) is 5.82. The van der Waals surface area contributed by atoms with Crippen LogP contribution in [0.3, 0.4) is 0 Å². The Morgan fingerprint density at radius 3 is 2.40 bits per heavy atom. The Kier molecular flexibility index (Phi) is 4.17. The van der Waals surface area contributed by atoms with Crippen molar-refractivity contribution in [3.63, 3.8) is 0 Å². The van der Waals surface area contributed by atoms with E-state index in [9.17, 15) is 9.59 Å². The lowest BCUT2D eigenvalue weighted by Crippen LogP contribution is -2.47. The largest absolute Gasteiger partial charge is 0.349 e. The average Bonchev–Trinajstić information content (AvgIpc) is 2.87. The van der Waals surface area contributed by atoms with Crippen LogP contribution in [0.15, 0.2) is 12.1 Å². The standard InChI is InChI=1S/C20H29N3O2/c1-12-14(7-8-15(21-12)18(25)23(5)6)17(24)22-16-11-13-9-10-20(16,4)19(13,2)3/h7-8,13,16H,9-11H2,1-6H3,(H,22,24)/t13-,16-,20-/m1/s1. The number of carbonyl (C=O) groups is 2. The van der Waals surface area contributed by atoms with Crippen LogP contribution >= 0.6 is 0 Å². The molecule has 5 heteroatoms. The van der Waals surface area contributed by atoms with Crippen LogP contribution in [0.5, 0.6) is 0 Å². The number of rotatable bonds is 3. The average molecular weight is 343 g/mol. The minimum Gasteiger partial charge on any atom is -0.349 e. The zero-order valence-corrected chi connectivity index (χ0v) is 16.1. The van der Waals surface area contributed by atoms with Gasteiger partial charge in [0.2, 0.25) is 0 Å². The number of fused-ring (bicyclic) bond motifs is 2. The minimum absolute atomic E-state index is 0.0802. The Bertz CT molecular complexity index is 726. The summed E-state index contributed by atoms with van der Waals surface area (Å²) in [5.74, 6) is 0.447. The van der Waals surface area contributed by atoms with Crippen LogP contribution < -0.4 is 5.32 Å². The summed E-state index contributed by atoms with van der Waals surface area (Å²) in [5, 5.41) is 3.26. The molecule has 1 N–H and O–H groups in total. The molecule has 0 radical (unpaired) electrons. The molecule has 0 aromatic carbocycles. The molecule has 3 atom stereocenters. The number of hydrogen-bond acceptors (Lipinski definition) is 3. The van der Waals surface area contributed by atoms with Crippen LogP contribution in [-0.4, -0.2) is 41.8 Å². The summed E-state index contributed by atoms with van der Waals surface area (Å²) in [6.45, 7) is 8.78. The molecule has 2 fully saturated rings. The summed E-state index contributed by atoms with van der Waals surface area (Å²) < 4.78 is 0. The number of aryl methyl sites for hydroxylation is 1. The topological polar surface area (TPSA) is 62.3 Å². The van der Waals surface area contributed by atoms with Crippen molar-refractivity contribution >= 4 is 11.8 Å². The van der Waals surface area contributed by atoms with Crippen molar-refractivity contribution in [3.05, 3.63) is 29.1 Å². The van der Waals surface area contributed by atoms with E-state index in [0.29, 0.717) is 22.9 Å². The number of carbonyl (C=O) groups excluding carboxylic acids is 2. The van der Waals surface area contributed by atoms with Gasteiger partial charge in [0.05, 0.1) is 11.3 Å². The second-order valence-electron chi connectivity index (χ2n) is 8.67. The highest BCUT2D eigenvalue weighted by Gasteiger charge is 2.61. The normalized spacial score (nSPS) is 29.5. The summed E-state index contributed by atoms with van der Waals surface area (Å²) in [6, 6.07) is 3.56. The molecule has 136 valence electrons. The predicted octanol–water partition coefficient (Wildman–Crippen LogP) is 3.04. The maximum Gasteiger partial charge on any atom is 0.271 e. The molecule has 0 aliphatic heterocycles. The van der Waals surface area contributed by atoms with Gasteiger partial charge in [-0.05, 0) is 55.1 Å². The van der Waals surface area contributed by atoms with Gasteiger partial charge < -0.3 is 10.2 Å². The molecule has 2 amide bonds. The van der Waals surface area contributed by atoms with Crippen molar-refractivity contribution in [1.82, 2.24) is 15.2 Å². The van der Waals surface area contributed by atoms with E-state index in [1.54, 1.807) is 33.2 Å². The maximum atomic E-state index is 12.8. The van der Waals surface area contributed by atoms with Gasteiger partial charge in [-0.1, -0.05) is 20.8 Å². The SMILES string of the molecule is Cc1nc(C(=O)N(C)C)ccc1C(=O)N[C@@H]1C[C@H]2CC[C@@]1(C)C2(C)C. The van der Waals surface area contributed by atoms with Crippen LogP contribution in [0.25, 0.3) is 0 Å². The Morgan fingerprint density at radius 1 is 1.24 bits per heavy atom. The Morgan fingerprint density at radius 2 is 1.92 bits per heavy atom. The molecule has 2 bridgehead atoms. The van der Waals surface area contributed by atoms with E-state index in [1.165, 1.54) is 17.7 Å². The van der Waals surface area contributed by atoms with E-state index in [1.807, 2.05) is 0 Å². The van der Waals surface area contributed by atoms with Crippen LogP contribution in [0.4, 0.5) is 0 Å². The summed E-state index contributed by atoms with van der Waals surface area (Å²) in [6.07, 6.45) is 3.49. The van der Waals surface area contributed by atoms with E-state index in [0.717, 1.165) is 6.42 Å². The highest BCUT2D eigenvalue weighted by atomic mass is 16.2. The fourth-order valence-electron chi connectivity index (χ4n) is 4.81. The molecule has 2 aliphatic rings. The van der Waals surface area contributed by atoms with E-state index in [4.69, 9.17) is 0 Å². The quantitative estimate of drug-likeness (QED) is 0.917. The fraction of sp³-hybridized carbons (Fsp3) is 0.650. The van der Waals surface area contributed by atoms with Gasteiger partial charge in [0, 0.05) is 20.1 Å². The number of nitrogens with zero attached hydrogens (tertiary/aromatic N) is 2. The third kappa shape index (κ3) is 2.64. The molecule has 1 heterocycles. The Labute approximate surface area is 150 Å². The first-order valence-corrected chi connectivity index (χ1v) is 9.08. The van der Waals surface area contributed by atoms with Gasteiger partial charge >= 0.3 is 0 Å². The summed E-state index contributed by atoms with van der Waals surface area (Å²) in [5.41, 5.74) is 1.93. The van der Waals surface area contributed by atoms with Crippen LogP contribution in [0.1, 0.15) is 66.6 Å². The molecule has 3 rings (SSSR count). The van der Waals surface area contributed by atoms with Crippen molar-refractivity contribution < 1.29 is 9.59 Å². The van der Waals surface area contributed by atoms with Crippen molar-refractivity contribution in [3.8, 4) is 0 Å². The molecule has 2 aliphatic carbocycles.